The summed E-state index contributed by atoms with van der Waals surface area (Å²) < 4.78 is 16.8. The van der Waals surface area contributed by atoms with Gasteiger partial charge in [0.1, 0.15) is 13.2 Å². The number of ether oxygens (including phenoxy) is 3. The van der Waals surface area contributed by atoms with E-state index < -0.39 is 6.10 Å². The zero-order valence-corrected chi connectivity index (χ0v) is 39.8. The maximum atomic E-state index is 12.8. The maximum Gasteiger partial charge on any atom is 0.306 e. The molecule has 0 amide bonds. The van der Waals surface area contributed by atoms with E-state index in [2.05, 4.69) is 32.9 Å². The Morgan fingerprint density at radius 3 is 0.847 bits per heavy atom. The quantitative estimate of drug-likeness (QED) is 0.0263. The van der Waals surface area contributed by atoms with E-state index in [1.54, 1.807) is 0 Å². The van der Waals surface area contributed by atoms with Gasteiger partial charge >= 0.3 is 17.9 Å². The van der Waals surface area contributed by atoms with Crippen molar-refractivity contribution in [3.63, 3.8) is 0 Å². The van der Waals surface area contributed by atoms with Gasteiger partial charge in [0.2, 0.25) is 0 Å². The van der Waals surface area contributed by atoms with Crippen molar-refractivity contribution in [1.82, 2.24) is 0 Å². The van der Waals surface area contributed by atoms with Crippen molar-refractivity contribution in [1.29, 1.82) is 0 Å². The number of carbonyl (C=O) groups excluding carboxylic acids is 3. The van der Waals surface area contributed by atoms with Crippen molar-refractivity contribution in [2.75, 3.05) is 13.2 Å². The zero-order chi connectivity index (χ0) is 43.0. The Bertz CT molecular complexity index is 874. The number of rotatable bonds is 48. The summed E-state index contributed by atoms with van der Waals surface area (Å²) in [7, 11) is 0. The summed E-state index contributed by atoms with van der Waals surface area (Å²) in [5.41, 5.74) is 0. The average Bonchev–Trinajstić information content (AvgIpc) is 3.23. The summed E-state index contributed by atoms with van der Waals surface area (Å²) in [5.74, 6) is -0.853. The van der Waals surface area contributed by atoms with Crippen LogP contribution in [0.2, 0.25) is 0 Å². The van der Waals surface area contributed by atoms with E-state index in [1.807, 2.05) is 0 Å². The van der Waals surface area contributed by atoms with Crippen molar-refractivity contribution < 1.29 is 28.6 Å². The summed E-state index contributed by atoms with van der Waals surface area (Å²) in [4.78, 5) is 37.9. The molecule has 0 fully saturated rings. The summed E-state index contributed by atoms with van der Waals surface area (Å²) in [5, 5.41) is 0. The molecule has 0 aromatic carbocycles. The third-order valence-corrected chi connectivity index (χ3v) is 11.8. The largest absolute Gasteiger partial charge is 0.462 e. The SMILES string of the molecule is CCCCCCCC/C=C\CCCCCCCCCCCC(=O)OC(COC(=O)CCCCCCCCCCCCC)COC(=O)CCCCCCCCCCCCC. The van der Waals surface area contributed by atoms with Gasteiger partial charge in [0.15, 0.2) is 6.10 Å². The van der Waals surface area contributed by atoms with Gasteiger partial charge in [0.05, 0.1) is 0 Å². The van der Waals surface area contributed by atoms with Crippen molar-refractivity contribution in [2.24, 2.45) is 0 Å². The molecule has 0 N–H and O–H groups in total. The third kappa shape index (κ3) is 47.1. The first-order valence-electron chi connectivity index (χ1n) is 26.2. The smallest absolute Gasteiger partial charge is 0.306 e. The lowest BCUT2D eigenvalue weighted by Gasteiger charge is -2.18. The minimum atomic E-state index is -0.763. The predicted molar refractivity (Wildman–Crippen MR) is 252 cm³/mol. The van der Waals surface area contributed by atoms with Gasteiger partial charge in [0, 0.05) is 19.3 Å². The lowest BCUT2D eigenvalue weighted by Crippen LogP contribution is -2.30. The fraction of sp³-hybridized carbons (Fsp3) is 0.906. The zero-order valence-electron chi connectivity index (χ0n) is 39.8. The Labute approximate surface area is 367 Å². The second-order valence-electron chi connectivity index (χ2n) is 17.8. The highest BCUT2D eigenvalue weighted by molar-refractivity contribution is 5.71. The van der Waals surface area contributed by atoms with Gasteiger partial charge in [-0.15, -0.1) is 0 Å². The molecule has 0 aliphatic carbocycles. The third-order valence-electron chi connectivity index (χ3n) is 11.8. The van der Waals surface area contributed by atoms with Crippen LogP contribution < -0.4 is 0 Å². The fourth-order valence-electron chi connectivity index (χ4n) is 7.79. The molecule has 0 unspecified atom stereocenters. The first kappa shape index (κ1) is 57.1. The van der Waals surface area contributed by atoms with Gasteiger partial charge in [-0.1, -0.05) is 238 Å². The molecule has 0 saturated carbocycles. The molecule has 348 valence electrons. The molecule has 59 heavy (non-hydrogen) atoms. The minimum Gasteiger partial charge on any atom is -0.462 e. The van der Waals surface area contributed by atoms with Crippen LogP contribution in [-0.2, 0) is 28.6 Å². The van der Waals surface area contributed by atoms with Gasteiger partial charge in [0.25, 0.3) is 0 Å². The molecule has 0 rings (SSSR count). The number of carbonyl (C=O) groups is 3. The van der Waals surface area contributed by atoms with Crippen LogP contribution in [0.25, 0.3) is 0 Å². The molecule has 6 nitrogen and oxygen atoms in total. The van der Waals surface area contributed by atoms with E-state index in [0.29, 0.717) is 19.3 Å². The van der Waals surface area contributed by atoms with Crippen molar-refractivity contribution >= 4 is 17.9 Å². The van der Waals surface area contributed by atoms with E-state index >= 15 is 0 Å². The molecule has 0 radical (unpaired) electrons. The number of esters is 3. The molecule has 0 aromatic heterocycles. The highest BCUT2D eigenvalue weighted by Crippen LogP contribution is 2.16. The van der Waals surface area contributed by atoms with E-state index in [1.165, 1.54) is 193 Å². The topological polar surface area (TPSA) is 78.9 Å². The summed E-state index contributed by atoms with van der Waals surface area (Å²) in [6.45, 7) is 6.65. The van der Waals surface area contributed by atoms with Crippen molar-refractivity contribution in [3.05, 3.63) is 12.2 Å². The highest BCUT2D eigenvalue weighted by Gasteiger charge is 2.19. The lowest BCUT2D eigenvalue weighted by molar-refractivity contribution is -0.167. The Balaban J connectivity index is 4.27. The summed E-state index contributed by atoms with van der Waals surface area (Å²) >= 11 is 0. The van der Waals surface area contributed by atoms with Crippen LogP contribution in [-0.4, -0.2) is 37.2 Å². The summed E-state index contributed by atoms with van der Waals surface area (Å²) in [6, 6.07) is 0. The molecule has 6 heteroatoms. The second-order valence-corrected chi connectivity index (χ2v) is 17.8. The van der Waals surface area contributed by atoms with Crippen LogP contribution in [0.15, 0.2) is 12.2 Å². The van der Waals surface area contributed by atoms with E-state index in [0.717, 1.165) is 57.8 Å². The molecule has 0 aliphatic rings. The average molecular weight is 833 g/mol. The Morgan fingerprint density at radius 2 is 0.559 bits per heavy atom. The first-order valence-corrected chi connectivity index (χ1v) is 26.2. The molecular weight excluding hydrogens is 733 g/mol. The molecule has 0 aromatic rings. The van der Waals surface area contributed by atoms with Crippen LogP contribution >= 0.6 is 0 Å². The van der Waals surface area contributed by atoms with E-state index in [-0.39, 0.29) is 31.1 Å². The Hall–Kier alpha value is -1.85. The first-order chi connectivity index (χ1) is 29.0. The Kier molecular flexibility index (Phi) is 47.3. The van der Waals surface area contributed by atoms with Crippen LogP contribution in [0.5, 0.6) is 0 Å². The standard InChI is InChI=1S/C53H100O6/c1-4-7-10-13-16-19-22-23-24-25-26-27-28-29-32-35-38-41-44-47-53(56)59-50(48-57-51(54)45-42-39-36-33-30-20-17-14-11-8-5-2)49-58-52(55)46-43-40-37-34-31-21-18-15-12-9-6-3/h23-24,50H,4-22,25-49H2,1-3H3/b24-23-. The molecule has 0 atom stereocenters. The van der Waals surface area contributed by atoms with Crippen LogP contribution in [0.3, 0.4) is 0 Å². The fourth-order valence-corrected chi connectivity index (χ4v) is 7.79. The Morgan fingerprint density at radius 1 is 0.322 bits per heavy atom. The molecule has 0 saturated heterocycles. The van der Waals surface area contributed by atoms with Gasteiger partial charge in [-0.3, -0.25) is 14.4 Å². The second kappa shape index (κ2) is 48.8. The van der Waals surface area contributed by atoms with Gasteiger partial charge in [-0.2, -0.15) is 0 Å². The number of hydrogen-bond acceptors (Lipinski definition) is 6. The van der Waals surface area contributed by atoms with E-state index in [9.17, 15) is 14.4 Å². The molecule has 0 spiro atoms. The van der Waals surface area contributed by atoms with Crippen LogP contribution in [0.4, 0.5) is 0 Å². The number of unbranched alkanes of at least 4 members (excludes halogenated alkanes) is 35. The molecular formula is C53H100O6. The minimum absolute atomic E-state index is 0.0657. The molecule has 0 heterocycles. The normalized spacial score (nSPS) is 11.5. The highest BCUT2D eigenvalue weighted by atomic mass is 16.6. The van der Waals surface area contributed by atoms with Gasteiger partial charge in [-0.25, -0.2) is 0 Å². The van der Waals surface area contributed by atoms with Crippen molar-refractivity contribution in [2.45, 2.75) is 297 Å². The van der Waals surface area contributed by atoms with Crippen LogP contribution in [0, 0.1) is 0 Å². The molecule has 0 bridgehead atoms. The van der Waals surface area contributed by atoms with Crippen LogP contribution in [0.1, 0.15) is 290 Å². The van der Waals surface area contributed by atoms with Gasteiger partial charge in [-0.05, 0) is 44.9 Å². The molecule has 0 aliphatic heterocycles. The number of allylic oxidation sites excluding steroid dienone is 2. The number of hydrogen-bond donors (Lipinski definition) is 0. The monoisotopic (exact) mass is 833 g/mol. The van der Waals surface area contributed by atoms with E-state index in [4.69, 9.17) is 14.2 Å². The summed E-state index contributed by atoms with van der Waals surface area (Å²) in [6.07, 6.45) is 53.4. The lowest BCUT2D eigenvalue weighted by atomic mass is 10.1. The predicted octanol–water partition coefficient (Wildman–Crippen LogP) is 17.0. The maximum absolute atomic E-state index is 12.8. The van der Waals surface area contributed by atoms with Gasteiger partial charge < -0.3 is 14.2 Å². The van der Waals surface area contributed by atoms with Crippen molar-refractivity contribution in [3.8, 4) is 0 Å².